The Labute approximate surface area is 121 Å². The fraction of sp³-hybridized carbons (Fsp3) is 0.538. The first-order valence-corrected chi connectivity index (χ1v) is 7.44. The van der Waals surface area contributed by atoms with Gasteiger partial charge in [0.15, 0.2) is 0 Å². The lowest BCUT2D eigenvalue weighted by Crippen LogP contribution is -2.33. The van der Waals surface area contributed by atoms with Crippen LogP contribution in [0.25, 0.3) is 0 Å². The van der Waals surface area contributed by atoms with E-state index < -0.39 is 0 Å². The minimum Gasteiger partial charge on any atom is -0.311 e. The molecule has 0 saturated carbocycles. The second-order valence-corrected chi connectivity index (χ2v) is 6.21. The minimum atomic E-state index is 0.610. The van der Waals surface area contributed by atoms with Crippen LogP contribution in [0.4, 0.5) is 0 Å². The maximum absolute atomic E-state index is 3.51. The molecule has 0 fully saturated rings. The van der Waals surface area contributed by atoms with Crippen LogP contribution < -0.4 is 5.32 Å². The van der Waals surface area contributed by atoms with Crippen molar-refractivity contribution in [2.24, 2.45) is 0 Å². The molecule has 0 amide bonds. The Morgan fingerprint density at radius 2 is 1.94 bits per heavy atom. The van der Waals surface area contributed by atoms with Crippen LogP contribution in [0.15, 0.2) is 27.1 Å². The quantitative estimate of drug-likeness (QED) is 0.776. The van der Waals surface area contributed by atoms with Gasteiger partial charge in [0.25, 0.3) is 0 Å². The van der Waals surface area contributed by atoms with Crippen molar-refractivity contribution >= 4 is 31.9 Å². The topological polar surface area (TPSA) is 15.3 Å². The molecule has 17 heavy (non-hydrogen) atoms. The number of rotatable bonds is 6. The lowest BCUT2D eigenvalue weighted by molar-refractivity contribution is 0.273. The van der Waals surface area contributed by atoms with Crippen LogP contribution >= 0.6 is 31.9 Å². The van der Waals surface area contributed by atoms with E-state index in [2.05, 4.69) is 81.2 Å². The molecule has 0 aliphatic heterocycles. The SMILES string of the molecule is CC(C)N(C)CCNCc1ccc(Br)c(Br)c1. The van der Waals surface area contributed by atoms with Crippen LogP contribution in [0.3, 0.4) is 0 Å². The number of benzene rings is 1. The average Bonchev–Trinajstić information content (AvgIpc) is 2.28. The molecule has 2 nitrogen and oxygen atoms in total. The molecule has 0 aliphatic carbocycles. The maximum Gasteiger partial charge on any atom is 0.0320 e. The Kier molecular flexibility index (Phi) is 6.70. The highest BCUT2D eigenvalue weighted by Crippen LogP contribution is 2.23. The summed E-state index contributed by atoms with van der Waals surface area (Å²) in [5.41, 5.74) is 1.30. The second-order valence-electron chi connectivity index (χ2n) is 4.50. The molecule has 0 bridgehead atoms. The van der Waals surface area contributed by atoms with Gasteiger partial charge in [-0.1, -0.05) is 6.07 Å². The van der Waals surface area contributed by atoms with Crippen molar-refractivity contribution < 1.29 is 0 Å². The number of halogens is 2. The van der Waals surface area contributed by atoms with Gasteiger partial charge < -0.3 is 10.2 Å². The molecule has 0 saturated heterocycles. The molecule has 0 aliphatic rings. The summed E-state index contributed by atoms with van der Waals surface area (Å²) in [7, 11) is 2.16. The van der Waals surface area contributed by atoms with E-state index in [9.17, 15) is 0 Å². The van der Waals surface area contributed by atoms with Crippen molar-refractivity contribution in [1.82, 2.24) is 10.2 Å². The van der Waals surface area contributed by atoms with Gasteiger partial charge in [-0.15, -0.1) is 0 Å². The zero-order valence-electron chi connectivity index (χ0n) is 10.6. The third kappa shape index (κ3) is 5.51. The number of nitrogens with one attached hydrogen (secondary N) is 1. The first-order chi connectivity index (χ1) is 8.00. The standard InChI is InChI=1S/C13H20Br2N2/c1-10(2)17(3)7-6-16-9-11-4-5-12(14)13(15)8-11/h4-5,8,10,16H,6-7,9H2,1-3H3. The van der Waals surface area contributed by atoms with Gasteiger partial charge in [0.2, 0.25) is 0 Å². The van der Waals surface area contributed by atoms with E-state index in [1.807, 2.05) is 0 Å². The second kappa shape index (κ2) is 7.52. The molecule has 1 rings (SSSR count). The van der Waals surface area contributed by atoms with E-state index in [4.69, 9.17) is 0 Å². The maximum atomic E-state index is 3.51. The summed E-state index contributed by atoms with van der Waals surface area (Å²) in [5.74, 6) is 0. The lowest BCUT2D eigenvalue weighted by atomic mass is 10.2. The summed E-state index contributed by atoms with van der Waals surface area (Å²) < 4.78 is 2.21. The van der Waals surface area contributed by atoms with Crippen molar-refractivity contribution in [1.29, 1.82) is 0 Å². The third-order valence-corrected chi connectivity index (χ3v) is 4.72. The Hall–Kier alpha value is 0.1000. The monoisotopic (exact) mass is 362 g/mol. The van der Waals surface area contributed by atoms with Crippen molar-refractivity contribution in [3.63, 3.8) is 0 Å². The minimum absolute atomic E-state index is 0.610. The Morgan fingerprint density at radius 1 is 1.24 bits per heavy atom. The molecular weight excluding hydrogens is 344 g/mol. The average molecular weight is 364 g/mol. The molecule has 0 radical (unpaired) electrons. The highest BCUT2D eigenvalue weighted by Gasteiger charge is 2.02. The number of hydrogen-bond donors (Lipinski definition) is 1. The Balaban J connectivity index is 2.29. The molecule has 0 aromatic heterocycles. The van der Waals surface area contributed by atoms with Crippen molar-refractivity contribution in [3.8, 4) is 0 Å². The molecule has 1 aromatic rings. The van der Waals surface area contributed by atoms with Crippen LogP contribution in [0.1, 0.15) is 19.4 Å². The van der Waals surface area contributed by atoms with Crippen LogP contribution in [-0.4, -0.2) is 31.1 Å². The van der Waals surface area contributed by atoms with E-state index in [0.717, 1.165) is 28.6 Å². The lowest BCUT2D eigenvalue weighted by Gasteiger charge is -2.20. The highest BCUT2D eigenvalue weighted by molar-refractivity contribution is 9.13. The summed E-state index contributed by atoms with van der Waals surface area (Å²) in [4.78, 5) is 2.34. The fourth-order valence-corrected chi connectivity index (χ4v) is 2.07. The van der Waals surface area contributed by atoms with E-state index in [1.54, 1.807) is 0 Å². The predicted molar refractivity (Wildman–Crippen MR) is 81.3 cm³/mol. The van der Waals surface area contributed by atoms with E-state index in [0.29, 0.717) is 6.04 Å². The van der Waals surface area contributed by atoms with Crippen LogP contribution in [0.5, 0.6) is 0 Å². The van der Waals surface area contributed by atoms with Gasteiger partial charge in [-0.2, -0.15) is 0 Å². The van der Waals surface area contributed by atoms with Gasteiger partial charge in [0.1, 0.15) is 0 Å². The zero-order valence-corrected chi connectivity index (χ0v) is 13.8. The van der Waals surface area contributed by atoms with Gasteiger partial charge in [0, 0.05) is 34.6 Å². The number of likely N-dealkylation sites (N-methyl/N-ethyl adjacent to an activating group) is 1. The van der Waals surface area contributed by atoms with Gasteiger partial charge in [-0.25, -0.2) is 0 Å². The molecule has 4 heteroatoms. The Morgan fingerprint density at radius 3 is 2.53 bits per heavy atom. The van der Waals surface area contributed by atoms with Crippen molar-refractivity contribution in [3.05, 3.63) is 32.7 Å². The van der Waals surface area contributed by atoms with Gasteiger partial charge >= 0.3 is 0 Å². The van der Waals surface area contributed by atoms with E-state index >= 15 is 0 Å². The normalized spacial score (nSPS) is 11.5. The zero-order chi connectivity index (χ0) is 12.8. The summed E-state index contributed by atoms with van der Waals surface area (Å²) in [6.07, 6.45) is 0. The van der Waals surface area contributed by atoms with Crippen LogP contribution in [0, 0.1) is 0 Å². The van der Waals surface area contributed by atoms with Gasteiger partial charge in [-0.3, -0.25) is 0 Å². The third-order valence-electron chi connectivity index (χ3n) is 2.84. The van der Waals surface area contributed by atoms with E-state index in [-0.39, 0.29) is 0 Å². The molecule has 96 valence electrons. The van der Waals surface area contributed by atoms with Crippen LogP contribution in [-0.2, 0) is 6.54 Å². The van der Waals surface area contributed by atoms with Gasteiger partial charge in [-0.05, 0) is 70.5 Å². The molecule has 1 N–H and O–H groups in total. The molecule has 1 aromatic carbocycles. The highest BCUT2D eigenvalue weighted by atomic mass is 79.9. The van der Waals surface area contributed by atoms with Gasteiger partial charge in [0.05, 0.1) is 0 Å². The number of nitrogens with zero attached hydrogens (tertiary/aromatic N) is 1. The van der Waals surface area contributed by atoms with Crippen LogP contribution in [0.2, 0.25) is 0 Å². The number of hydrogen-bond acceptors (Lipinski definition) is 2. The fourth-order valence-electron chi connectivity index (χ4n) is 1.40. The van der Waals surface area contributed by atoms with E-state index in [1.165, 1.54) is 5.56 Å². The summed E-state index contributed by atoms with van der Waals surface area (Å²) in [6, 6.07) is 6.96. The molecule has 0 atom stereocenters. The summed E-state index contributed by atoms with van der Waals surface area (Å²) >= 11 is 6.99. The van der Waals surface area contributed by atoms with Crippen molar-refractivity contribution in [2.75, 3.05) is 20.1 Å². The molecule has 0 unspecified atom stereocenters. The summed E-state index contributed by atoms with van der Waals surface area (Å²) in [6.45, 7) is 7.44. The van der Waals surface area contributed by atoms with Crippen molar-refractivity contribution in [2.45, 2.75) is 26.4 Å². The molecule has 0 spiro atoms. The molecule has 0 heterocycles. The molecular formula is C13H20Br2N2. The first-order valence-electron chi connectivity index (χ1n) is 5.85. The first kappa shape index (κ1) is 15.2. The Bertz CT molecular complexity index is 353. The summed E-state index contributed by atoms with van der Waals surface area (Å²) in [5, 5.41) is 3.46. The largest absolute Gasteiger partial charge is 0.311 e. The predicted octanol–water partition coefficient (Wildman–Crippen LogP) is 3.64. The smallest absolute Gasteiger partial charge is 0.0320 e.